The van der Waals surface area contributed by atoms with Gasteiger partial charge in [0, 0.05) is 39.3 Å². The maximum absolute atomic E-state index is 7.13. The third-order valence-corrected chi connectivity index (χ3v) is 1.89. The molecule has 1 aromatic rings. The Labute approximate surface area is 94.2 Å². The van der Waals surface area contributed by atoms with E-state index in [4.69, 9.17) is 17.5 Å². The van der Waals surface area contributed by atoms with Crippen LogP contribution in [0.2, 0.25) is 0 Å². The molecule has 0 aliphatic carbocycles. The van der Waals surface area contributed by atoms with E-state index in [1.807, 2.05) is 0 Å². The van der Waals surface area contributed by atoms with Crippen LogP contribution in [-0.2, 0) is 9.31 Å². The molecule has 14 heavy (non-hydrogen) atoms. The topological polar surface area (TPSA) is 21.7 Å². The molecule has 0 saturated heterocycles. The lowest BCUT2D eigenvalue weighted by molar-refractivity contribution is 0.292. The smallest absolute Gasteiger partial charge is 0.410 e. The minimum atomic E-state index is -2.77. The third-order valence-electron chi connectivity index (χ3n) is 1.89. The number of rotatable bonds is 4. The van der Waals surface area contributed by atoms with Crippen LogP contribution in [0.5, 0.6) is 0 Å². The molecular formula is C10H16BNO2. The fourth-order valence-corrected chi connectivity index (χ4v) is 1.25. The van der Waals surface area contributed by atoms with Gasteiger partial charge in [-0.25, -0.2) is 0 Å². The molecular weight excluding hydrogens is 177 g/mol. The molecule has 0 aliphatic heterocycles. The van der Waals surface area contributed by atoms with Crippen LogP contribution in [0.3, 0.4) is 0 Å². The van der Waals surface area contributed by atoms with E-state index in [1.54, 1.807) is 43.3 Å². The minimum absolute atomic E-state index is 0.338. The molecule has 76 valence electrons. The molecule has 0 N–H and O–H groups in total. The summed E-state index contributed by atoms with van der Waals surface area (Å²) in [6, 6.07) is 6.69. The van der Waals surface area contributed by atoms with Crippen LogP contribution in [0, 0.1) is 0 Å². The Kier molecular flexibility index (Phi) is 1.86. The highest BCUT2D eigenvalue weighted by atomic mass is 16.6. The maximum atomic E-state index is 7.13. The molecule has 0 heterocycles. The summed E-state index contributed by atoms with van der Waals surface area (Å²) in [5.41, 5.74) is 0.954. The summed E-state index contributed by atoms with van der Waals surface area (Å²) in [5, 5.41) is 0. The lowest BCUT2D eigenvalue weighted by atomic mass is 9.77. The van der Waals surface area contributed by atoms with E-state index in [1.165, 1.54) is 0 Å². The normalized spacial score (nSPS) is 18.1. The van der Waals surface area contributed by atoms with Gasteiger partial charge >= 0.3 is 7.12 Å². The maximum Gasteiger partial charge on any atom is 0.495 e. The van der Waals surface area contributed by atoms with Gasteiger partial charge in [-0.15, -0.1) is 0 Å². The number of benzene rings is 1. The number of anilines is 1. The van der Waals surface area contributed by atoms with Crippen molar-refractivity contribution < 1.29 is 17.5 Å². The van der Waals surface area contributed by atoms with Crippen LogP contribution in [0.4, 0.5) is 5.69 Å². The van der Waals surface area contributed by atoms with Crippen LogP contribution in [-0.4, -0.2) is 35.3 Å². The summed E-state index contributed by atoms with van der Waals surface area (Å²) in [7, 11) is -3.54. The van der Waals surface area contributed by atoms with Crippen molar-refractivity contribution in [3.63, 3.8) is 0 Å². The van der Waals surface area contributed by atoms with Gasteiger partial charge in [0.2, 0.25) is 0 Å². The Morgan fingerprint density at radius 1 is 1.21 bits per heavy atom. The number of hydrogen-bond acceptors (Lipinski definition) is 3. The summed E-state index contributed by atoms with van der Waals surface area (Å²) in [6.45, 7) is 0. The van der Waals surface area contributed by atoms with Gasteiger partial charge in [0.1, 0.15) is 0 Å². The molecule has 0 spiro atoms. The van der Waals surface area contributed by atoms with Crippen LogP contribution in [0.1, 0.15) is 8.22 Å². The first-order valence-electron chi connectivity index (χ1n) is 7.11. The van der Waals surface area contributed by atoms with E-state index in [2.05, 4.69) is 0 Å². The van der Waals surface area contributed by atoms with E-state index in [0.717, 1.165) is 0 Å². The fourth-order valence-electron chi connectivity index (χ4n) is 1.25. The van der Waals surface area contributed by atoms with E-state index >= 15 is 0 Å². The van der Waals surface area contributed by atoms with Crippen molar-refractivity contribution in [3.8, 4) is 0 Å². The predicted molar refractivity (Wildman–Crippen MR) is 60.2 cm³/mol. The van der Waals surface area contributed by atoms with Gasteiger partial charge in [-0.2, -0.15) is 0 Å². The van der Waals surface area contributed by atoms with Crippen molar-refractivity contribution in [2.45, 2.75) is 0 Å². The predicted octanol–water partition coefficient (Wildman–Crippen LogP) is 0.741. The summed E-state index contributed by atoms with van der Waals surface area (Å²) in [5.74, 6) is 0. The van der Waals surface area contributed by atoms with Crippen LogP contribution < -0.4 is 10.4 Å². The molecule has 0 fully saturated rings. The quantitative estimate of drug-likeness (QED) is 0.667. The zero-order valence-corrected chi connectivity index (χ0v) is 8.15. The zero-order valence-electron chi connectivity index (χ0n) is 14.2. The number of para-hydroxylation sites is 1. The van der Waals surface area contributed by atoms with Crippen molar-refractivity contribution in [2.75, 3.05) is 33.1 Å². The lowest BCUT2D eigenvalue weighted by Gasteiger charge is -2.19. The van der Waals surface area contributed by atoms with Gasteiger partial charge in [0.25, 0.3) is 0 Å². The molecule has 0 aliphatic rings. The summed E-state index contributed by atoms with van der Waals surface area (Å²) >= 11 is 0. The van der Waals surface area contributed by atoms with E-state index in [9.17, 15) is 0 Å². The Morgan fingerprint density at radius 2 is 1.86 bits per heavy atom. The first-order valence-corrected chi connectivity index (χ1v) is 4.11. The average molecular weight is 199 g/mol. The Bertz CT molecular complexity index is 432. The second-order valence-electron chi connectivity index (χ2n) is 3.02. The lowest BCUT2D eigenvalue weighted by Crippen LogP contribution is -2.38. The summed E-state index contributed by atoms with van der Waals surface area (Å²) < 4.78 is 52.4. The third kappa shape index (κ3) is 2.27. The van der Waals surface area contributed by atoms with Gasteiger partial charge in [-0.1, -0.05) is 18.2 Å². The van der Waals surface area contributed by atoms with Gasteiger partial charge in [0.05, 0.1) is 8.22 Å². The minimum Gasteiger partial charge on any atom is -0.410 e. The highest BCUT2D eigenvalue weighted by Crippen LogP contribution is 2.08. The molecule has 0 bridgehead atoms. The molecule has 0 radical (unpaired) electrons. The van der Waals surface area contributed by atoms with Gasteiger partial charge < -0.3 is 14.2 Å². The van der Waals surface area contributed by atoms with Crippen molar-refractivity contribution in [2.24, 2.45) is 0 Å². The van der Waals surface area contributed by atoms with Gasteiger partial charge in [-0.3, -0.25) is 0 Å². The molecule has 0 unspecified atom stereocenters. The largest absolute Gasteiger partial charge is 0.495 e. The van der Waals surface area contributed by atoms with Crippen molar-refractivity contribution in [1.29, 1.82) is 0 Å². The number of nitrogens with zero attached hydrogens (tertiary/aromatic N) is 1. The van der Waals surface area contributed by atoms with E-state index in [0.29, 0.717) is 11.2 Å². The molecule has 0 aromatic heterocycles. The van der Waals surface area contributed by atoms with Crippen LogP contribution in [0.25, 0.3) is 0 Å². The molecule has 1 rings (SSSR count). The molecule has 4 heteroatoms. The van der Waals surface area contributed by atoms with E-state index in [-0.39, 0.29) is 0 Å². The number of hydrogen-bond donors (Lipinski definition) is 0. The SMILES string of the molecule is [2H]C([2H])([2H])OB(OC([2H])([2H])[2H])c1ccccc1N(C)C. The molecule has 3 nitrogen and oxygen atoms in total. The van der Waals surface area contributed by atoms with Crippen LogP contribution >= 0.6 is 0 Å². The summed E-state index contributed by atoms with van der Waals surface area (Å²) in [6.07, 6.45) is 0. The van der Waals surface area contributed by atoms with Crippen molar-refractivity contribution in [1.82, 2.24) is 0 Å². The Morgan fingerprint density at radius 3 is 2.43 bits per heavy atom. The molecule has 0 atom stereocenters. The summed E-state index contributed by atoms with van der Waals surface area (Å²) in [4.78, 5) is 1.72. The standard InChI is InChI=1S/C10H16BNO2/c1-12(2)10-8-6-5-7-9(10)11(13-3)14-4/h5-8H,1-4H3/i3D3,4D3. The highest BCUT2D eigenvalue weighted by Gasteiger charge is 2.21. The average Bonchev–Trinajstić information content (AvgIpc) is 2.24. The molecule has 1 aromatic carbocycles. The first-order chi connectivity index (χ1) is 8.99. The van der Waals surface area contributed by atoms with Crippen LogP contribution in [0.15, 0.2) is 24.3 Å². The fraction of sp³-hybridized carbons (Fsp3) is 0.400. The van der Waals surface area contributed by atoms with Crippen molar-refractivity contribution >= 4 is 18.3 Å². The monoisotopic (exact) mass is 199 g/mol. The van der Waals surface area contributed by atoms with Gasteiger partial charge in [0.15, 0.2) is 0 Å². The molecule has 0 amide bonds. The Balaban J connectivity index is 3.16. The highest BCUT2D eigenvalue weighted by molar-refractivity contribution is 6.63. The first kappa shape index (κ1) is 5.19. The second kappa shape index (κ2) is 5.03. The van der Waals surface area contributed by atoms with Gasteiger partial charge in [-0.05, 0) is 6.07 Å². The Hall–Kier alpha value is -0.995. The molecule has 0 saturated carbocycles. The zero-order chi connectivity index (χ0) is 15.6. The van der Waals surface area contributed by atoms with Crippen molar-refractivity contribution in [3.05, 3.63) is 24.3 Å². The van der Waals surface area contributed by atoms with E-state index < -0.39 is 21.2 Å². The second-order valence-corrected chi connectivity index (χ2v) is 3.02.